The van der Waals surface area contributed by atoms with Gasteiger partial charge in [0.15, 0.2) is 0 Å². The van der Waals surface area contributed by atoms with E-state index in [1.54, 1.807) is 0 Å². The predicted molar refractivity (Wildman–Crippen MR) is 85.3 cm³/mol. The van der Waals surface area contributed by atoms with Crippen molar-refractivity contribution in [2.45, 2.75) is 25.5 Å². The smallest absolute Gasteiger partial charge is 0.353 e. The first kappa shape index (κ1) is 19.0. The molecule has 10 heteroatoms. The summed E-state index contributed by atoms with van der Waals surface area (Å²) in [6.07, 6.45) is 0.522. The van der Waals surface area contributed by atoms with Crippen LogP contribution in [-0.4, -0.2) is 64.2 Å². The minimum atomic E-state index is -1.28. The lowest BCUT2D eigenvalue weighted by molar-refractivity contribution is -0.139. The fraction of sp³-hybridized carbons (Fsp3) is 0.538. The van der Waals surface area contributed by atoms with Gasteiger partial charge < -0.3 is 26.6 Å². The maximum absolute atomic E-state index is 11.6. The number of carboxylic acids is 1. The number of rotatable bonds is 9. The number of hydrogen-bond donors (Lipinski definition) is 4. The number of nitrogens with zero attached hydrogens (tertiary/aromatic N) is 2. The van der Waals surface area contributed by atoms with E-state index in [0.29, 0.717) is 23.6 Å². The van der Waals surface area contributed by atoms with E-state index in [1.165, 1.54) is 18.7 Å². The monoisotopic (exact) mass is 344 g/mol. The summed E-state index contributed by atoms with van der Waals surface area (Å²) in [4.78, 5) is 39.6. The number of carbonyl (C=O) groups excluding carboxylic acids is 2. The molecule has 0 saturated carbocycles. The molecule has 6 N–H and O–H groups in total. The summed E-state index contributed by atoms with van der Waals surface area (Å²) in [7, 11) is 0. The van der Waals surface area contributed by atoms with Crippen LogP contribution in [0.1, 0.15) is 13.3 Å². The van der Waals surface area contributed by atoms with Gasteiger partial charge in [-0.05, 0) is 6.92 Å². The molecule has 0 fully saturated rings. The highest BCUT2D eigenvalue weighted by atomic mass is 32.2. The van der Waals surface area contributed by atoms with E-state index < -0.39 is 29.9 Å². The molecule has 23 heavy (non-hydrogen) atoms. The third-order valence-electron chi connectivity index (χ3n) is 3.46. The van der Waals surface area contributed by atoms with Crippen molar-refractivity contribution in [2.75, 3.05) is 12.3 Å². The van der Waals surface area contributed by atoms with Gasteiger partial charge in [-0.25, -0.2) is 4.79 Å². The molecule has 1 rings (SSSR count). The molecular weight excluding hydrogens is 324 g/mol. The van der Waals surface area contributed by atoms with Crippen LogP contribution in [0.15, 0.2) is 15.6 Å². The molecule has 0 spiro atoms. The van der Waals surface area contributed by atoms with E-state index in [2.05, 4.69) is 4.99 Å². The van der Waals surface area contributed by atoms with Gasteiger partial charge in [0.05, 0.1) is 30.9 Å². The molecule has 1 heterocycles. The molecule has 0 aromatic carbocycles. The molecule has 2 amide bonds. The Morgan fingerprint density at radius 3 is 2.65 bits per heavy atom. The molecular formula is C13H20N4O5S. The first-order valence-electron chi connectivity index (χ1n) is 6.85. The summed E-state index contributed by atoms with van der Waals surface area (Å²) in [5.74, 6) is -2.66. The number of aliphatic hydroxyl groups is 1. The third-order valence-corrected chi connectivity index (χ3v) is 4.55. The van der Waals surface area contributed by atoms with Crippen molar-refractivity contribution < 1.29 is 24.6 Å². The summed E-state index contributed by atoms with van der Waals surface area (Å²) in [5.41, 5.74) is 10.2. The molecule has 0 bridgehead atoms. The summed E-state index contributed by atoms with van der Waals surface area (Å²) in [5, 5.41) is 19.1. The minimum Gasteiger partial charge on any atom is -0.477 e. The summed E-state index contributed by atoms with van der Waals surface area (Å²) in [6.45, 7) is 1.76. The van der Waals surface area contributed by atoms with Crippen LogP contribution in [0.4, 0.5) is 0 Å². The van der Waals surface area contributed by atoms with Gasteiger partial charge in [-0.3, -0.25) is 14.6 Å². The molecule has 0 radical (unpaired) electrons. The molecule has 1 aliphatic heterocycles. The minimum absolute atomic E-state index is 0.135. The van der Waals surface area contributed by atoms with Crippen LogP contribution >= 0.6 is 11.8 Å². The van der Waals surface area contributed by atoms with Crippen LogP contribution < -0.4 is 11.5 Å². The van der Waals surface area contributed by atoms with Crippen LogP contribution in [0.5, 0.6) is 0 Å². The van der Waals surface area contributed by atoms with Crippen LogP contribution in [0, 0.1) is 5.92 Å². The summed E-state index contributed by atoms with van der Waals surface area (Å²) in [6, 6.07) is -0.823. The standard InChI is InChI=1S/C13H20N4O5S/c1-7(19)10(12(15)20)8-4-9(23-3-2-16-5-14)11(13(21)22)17(8)6-18/h5-8,10,19H,2-4H2,1H3,(H2,14,16)(H2,15,20)(H,21,22)/t7-,8-,10?/m1/s1. The third kappa shape index (κ3) is 4.45. The van der Waals surface area contributed by atoms with E-state index >= 15 is 0 Å². The first-order valence-corrected chi connectivity index (χ1v) is 7.84. The van der Waals surface area contributed by atoms with E-state index in [0.717, 1.165) is 11.2 Å². The molecule has 0 saturated heterocycles. The molecule has 0 aromatic heterocycles. The molecule has 1 unspecified atom stereocenters. The second-order valence-electron chi connectivity index (χ2n) is 4.93. The largest absolute Gasteiger partial charge is 0.477 e. The number of primary amides is 1. The van der Waals surface area contributed by atoms with Gasteiger partial charge >= 0.3 is 5.97 Å². The topological polar surface area (TPSA) is 159 Å². The van der Waals surface area contributed by atoms with E-state index in [-0.39, 0.29) is 12.1 Å². The Kier molecular flexibility index (Phi) is 7.04. The SMILES string of the molecule is C[C@@H](O)C(C(N)=O)[C@H]1CC(SCCN=CN)=C(C(=O)O)N1C=O. The van der Waals surface area contributed by atoms with Gasteiger partial charge in [-0.15, -0.1) is 11.8 Å². The summed E-state index contributed by atoms with van der Waals surface area (Å²) >= 11 is 1.22. The Hall–Kier alpha value is -2.07. The van der Waals surface area contributed by atoms with Crippen molar-refractivity contribution in [1.29, 1.82) is 0 Å². The lowest BCUT2D eigenvalue weighted by Gasteiger charge is -2.29. The number of hydrogen-bond acceptors (Lipinski definition) is 6. The van der Waals surface area contributed by atoms with E-state index in [4.69, 9.17) is 11.5 Å². The van der Waals surface area contributed by atoms with Crippen molar-refractivity contribution in [3.8, 4) is 0 Å². The number of aliphatic hydroxyl groups excluding tert-OH is 1. The Balaban J connectivity index is 3.06. The highest BCUT2D eigenvalue weighted by molar-refractivity contribution is 8.03. The van der Waals surface area contributed by atoms with Gasteiger partial charge in [0.25, 0.3) is 0 Å². The Morgan fingerprint density at radius 1 is 1.57 bits per heavy atom. The lowest BCUT2D eigenvalue weighted by Crippen LogP contribution is -2.47. The lowest BCUT2D eigenvalue weighted by atomic mass is 9.92. The molecule has 3 atom stereocenters. The number of amides is 2. The molecule has 0 aromatic rings. The zero-order chi connectivity index (χ0) is 17.6. The highest BCUT2D eigenvalue weighted by Gasteiger charge is 2.43. The Bertz CT molecular complexity index is 534. The second kappa shape index (κ2) is 8.53. The molecule has 1 aliphatic rings. The van der Waals surface area contributed by atoms with Crippen molar-refractivity contribution in [3.63, 3.8) is 0 Å². The van der Waals surface area contributed by atoms with Crippen molar-refractivity contribution in [3.05, 3.63) is 10.6 Å². The van der Waals surface area contributed by atoms with Gasteiger partial charge in [-0.1, -0.05) is 0 Å². The van der Waals surface area contributed by atoms with Crippen molar-refractivity contribution >= 4 is 36.4 Å². The zero-order valence-electron chi connectivity index (χ0n) is 12.6. The van der Waals surface area contributed by atoms with Crippen LogP contribution in [-0.2, 0) is 14.4 Å². The fourth-order valence-corrected chi connectivity index (χ4v) is 3.59. The zero-order valence-corrected chi connectivity index (χ0v) is 13.4. The van der Waals surface area contributed by atoms with Gasteiger partial charge in [0.1, 0.15) is 5.70 Å². The molecule has 128 valence electrons. The van der Waals surface area contributed by atoms with Crippen LogP contribution in [0.2, 0.25) is 0 Å². The maximum atomic E-state index is 11.6. The van der Waals surface area contributed by atoms with Crippen LogP contribution in [0.3, 0.4) is 0 Å². The number of carboxylic acid groups (broad SMARTS) is 1. The van der Waals surface area contributed by atoms with Gasteiger partial charge in [0, 0.05) is 17.1 Å². The fourth-order valence-electron chi connectivity index (χ4n) is 2.53. The number of aliphatic carboxylic acids is 1. The number of carbonyl (C=O) groups is 3. The molecule has 9 nitrogen and oxygen atoms in total. The summed E-state index contributed by atoms with van der Waals surface area (Å²) < 4.78 is 0. The van der Waals surface area contributed by atoms with E-state index in [1.807, 2.05) is 0 Å². The van der Waals surface area contributed by atoms with E-state index in [9.17, 15) is 24.6 Å². The predicted octanol–water partition coefficient (Wildman–Crippen LogP) is -1.28. The highest BCUT2D eigenvalue weighted by Crippen LogP contribution is 2.38. The average Bonchev–Trinajstić information content (AvgIpc) is 2.81. The van der Waals surface area contributed by atoms with Crippen molar-refractivity contribution in [1.82, 2.24) is 4.90 Å². The van der Waals surface area contributed by atoms with Crippen molar-refractivity contribution in [2.24, 2.45) is 22.4 Å². The van der Waals surface area contributed by atoms with Crippen LogP contribution in [0.25, 0.3) is 0 Å². The number of aliphatic imine (C=N–C) groups is 1. The quantitative estimate of drug-likeness (QED) is 0.175. The van der Waals surface area contributed by atoms with Gasteiger partial charge in [0.2, 0.25) is 12.3 Å². The van der Waals surface area contributed by atoms with Gasteiger partial charge in [-0.2, -0.15) is 0 Å². The Labute approximate surface area is 137 Å². The Morgan fingerprint density at radius 2 is 2.22 bits per heavy atom. The normalized spacial score (nSPS) is 20.8. The first-order chi connectivity index (χ1) is 10.8. The number of nitrogens with two attached hydrogens (primary N) is 2. The second-order valence-corrected chi connectivity index (χ2v) is 6.12. The number of thioether (sulfide) groups is 1. The average molecular weight is 344 g/mol. The molecule has 0 aliphatic carbocycles. The maximum Gasteiger partial charge on any atom is 0.353 e.